The van der Waals surface area contributed by atoms with E-state index in [0.717, 1.165) is 0 Å². The summed E-state index contributed by atoms with van der Waals surface area (Å²) >= 11 is 6.11. The molecule has 35 heavy (non-hydrogen) atoms. The maximum absolute atomic E-state index is 12.9. The highest BCUT2D eigenvalue weighted by Gasteiger charge is 2.26. The quantitative estimate of drug-likeness (QED) is 0.474. The van der Waals surface area contributed by atoms with Crippen LogP contribution in [0.15, 0.2) is 71.6 Å². The summed E-state index contributed by atoms with van der Waals surface area (Å²) in [6.45, 7) is 2.83. The largest absolute Gasteiger partial charge is 0.483 e. The number of carbonyl (C=O) groups excluding carboxylic acids is 1. The number of para-hydroxylation sites is 1. The van der Waals surface area contributed by atoms with E-state index in [4.69, 9.17) is 25.8 Å². The number of benzene rings is 3. The Kier molecular flexibility index (Phi) is 7.92. The molecule has 0 aliphatic carbocycles. The second-order valence-electron chi connectivity index (χ2n) is 7.84. The number of nitrogens with one attached hydrogen (secondary N) is 1. The molecule has 4 rings (SSSR count). The molecule has 0 aromatic heterocycles. The molecule has 0 spiro atoms. The molecule has 1 heterocycles. The van der Waals surface area contributed by atoms with E-state index in [9.17, 15) is 13.2 Å². The van der Waals surface area contributed by atoms with Gasteiger partial charge in [0.15, 0.2) is 12.4 Å². The van der Waals surface area contributed by atoms with E-state index in [1.165, 1.54) is 10.4 Å². The Balaban J connectivity index is 1.41. The smallest absolute Gasteiger partial charge is 0.262 e. The lowest BCUT2D eigenvalue weighted by atomic mass is 10.2. The van der Waals surface area contributed by atoms with Gasteiger partial charge in [0, 0.05) is 18.1 Å². The molecular formula is C25H25ClN2O6S. The van der Waals surface area contributed by atoms with Gasteiger partial charge in [-0.05, 0) is 61.0 Å². The van der Waals surface area contributed by atoms with Crippen LogP contribution >= 0.6 is 11.6 Å². The van der Waals surface area contributed by atoms with Crippen LogP contribution in [0.2, 0.25) is 5.02 Å². The van der Waals surface area contributed by atoms with Gasteiger partial charge in [-0.3, -0.25) is 4.79 Å². The molecule has 8 nitrogen and oxygen atoms in total. The van der Waals surface area contributed by atoms with Crippen LogP contribution in [0.4, 0.5) is 5.69 Å². The molecule has 0 radical (unpaired) electrons. The molecule has 10 heteroatoms. The lowest BCUT2D eigenvalue weighted by Crippen LogP contribution is -2.40. The van der Waals surface area contributed by atoms with Gasteiger partial charge in [-0.2, -0.15) is 4.31 Å². The van der Waals surface area contributed by atoms with E-state index in [0.29, 0.717) is 59.8 Å². The Bertz CT molecular complexity index is 1290. The molecule has 1 amide bonds. The minimum atomic E-state index is -3.62. The van der Waals surface area contributed by atoms with Crippen molar-refractivity contribution < 1.29 is 27.4 Å². The predicted octanol–water partition coefficient (Wildman–Crippen LogP) is 4.48. The van der Waals surface area contributed by atoms with Crippen LogP contribution in [0, 0.1) is 6.92 Å². The number of rotatable bonds is 8. The van der Waals surface area contributed by atoms with Crippen LogP contribution in [-0.4, -0.2) is 51.5 Å². The van der Waals surface area contributed by atoms with Gasteiger partial charge in [0.25, 0.3) is 5.91 Å². The number of anilines is 1. The first-order chi connectivity index (χ1) is 16.8. The fraction of sp³-hybridized carbons (Fsp3) is 0.240. The molecule has 3 aromatic rings. The summed E-state index contributed by atoms with van der Waals surface area (Å²) in [6, 6.07) is 18.7. The van der Waals surface area contributed by atoms with Gasteiger partial charge in [0.2, 0.25) is 10.0 Å². The van der Waals surface area contributed by atoms with Crippen molar-refractivity contribution in [1.29, 1.82) is 0 Å². The zero-order valence-electron chi connectivity index (χ0n) is 19.1. The van der Waals surface area contributed by atoms with E-state index >= 15 is 0 Å². The van der Waals surface area contributed by atoms with Crippen molar-refractivity contribution in [3.05, 3.63) is 77.3 Å². The maximum atomic E-state index is 12.9. The Labute approximate surface area is 209 Å². The van der Waals surface area contributed by atoms with Crippen LogP contribution in [0.5, 0.6) is 17.2 Å². The number of ether oxygens (including phenoxy) is 3. The Morgan fingerprint density at radius 2 is 1.74 bits per heavy atom. The molecule has 1 saturated heterocycles. The van der Waals surface area contributed by atoms with Crippen molar-refractivity contribution in [3.8, 4) is 17.2 Å². The summed E-state index contributed by atoms with van der Waals surface area (Å²) < 4.78 is 43.9. The monoisotopic (exact) mass is 516 g/mol. The van der Waals surface area contributed by atoms with Crippen molar-refractivity contribution in [1.82, 2.24) is 4.31 Å². The fourth-order valence-electron chi connectivity index (χ4n) is 3.51. The number of hydrogen-bond donors (Lipinski definition) is 1. The SMILES string of the molecule is Cc1cc(S(=O)(=O)N2CCOCC2)ccc1OCC(=O)Nc1cc(Cl)ccc1Oc1ccccc1. The van der Waals surface area contributed by atoms with Crippen molar-refractivity contribution in [2.75, 3.05) is 38.2 Å². The molecule has 1 N–H and O–H groups in total. The number of amides is 1. The molecule has 0 unspecified atom stereocenters. The highest BCUT2D eigenvalue weighted by atomic mass is 35.5. The van der Waals surface area contributed by atoms with Gasteiger partial charge in [-0.15, -0.1) is 0 Å². The number of nitrogens with zero attached hydrogens (tertiary/aromatic N) is 1. The van der Waals surface area contributed by atoms with Crippen LogP contribution in [0.25, 0.3) is 0 Å². The number of carbonyl (C=O) groups is 1. The average molecular weight is 517 g/mol. The average Bonchev–Trinajstić information content (AvgIpc) is 2.86. The van der Waals surface area contributed by atoms with Crippen LogP contribution < -0.4 is 14.8 Å². The van der Waals surface area contributed by atoms with Gasteiger partial charge >= 0.3 is 0 Å². The molecule has 1 aliphatic rings. The van der Waals surface area contributed by atoms with Gasteiger partial charge < -0.3 is 19.5 Å². The predicted molar refractivity (Wildman–Crippen MR) is 133 cm³/mol. The minimum Gasteiger partial charge on any atom is -0.483 e. The summed E-state index contributed by atoms with van der Waals surface area (Å²) in [7, 11) is -3.62. The normalized spacial score (nSPS) is 14.3. The first kappa shape index (κ1) is 25.0. The lowest BCUT2D eigenvalue weighted by molar-refractivity contribution is -0.118. The summed E-state index contributed by atoms with van der Waals surface area (Å²) in [6.07, 6.45) is 0. The second-order valence-corrected chi connectivity index (χ2v) is 10.2. The number of halogens is 1. The van der Waals surface area contributed by atoms with Gasteiger partial charge in [-0.1, -0.05) is 29.8 Å². The highest BCUT2D eigenvalue weighted by Crippen LogP contribution is 2.32. The molecule has 0 bridgehead atoms. The van der Waals surface area contributed by atoms with Gasteiger partial charge in [0.05, 0.1) is 23.8 Å². The fourth-order valence-corrected chi connectivity index (χ4v) is 5.18. The second kappa shape index (κ2) is 11.1. The molecular weight excluding hydrogens is 492 g/mol. The van der Waals surface area contributed by atoms with Gasteiger partial charge in [-0.25, -0.2) is 8.42 Å². The summed E-state index contributed by atoms with van der Waals surface area (Å²) in [5, 5.41) is 3.19. The zero-order chi connectivity index (χ0) is 24.8. The zero-order valence-corrected chi connectivity index (χ0v) is 20.6. The molecule has 0 saturated carbocycles. The van der Waals surface area contributed by atoms with Crippen molar-refractivity contribution in [2.45, 2.75) is 11.8 Å². The number of morpholine rings is 1. The van der Waals surface area contributed by atoms with Crippen LogP contribution in [0.3, 0.4) is 0 Å². The van der Waals surface area contributed by atoms with E-state index < -0.39 is 15.9 Å². The summed E-state index contributed by atoms with van der Waals surface area (Å²) in [4.78, 5) is 12.8. The van der Waals surface area contributed by atoms with Gasteiger partial charge in [0.1, 0.15) is 11.5 Å². The molecule has 1 fully saturated rings. The van der Waals surface area contributed by atoms with E-state index in [-0.39, 0.29) is 11.5 Å². The third kappa shape index (κ3) is 6.32. The third-order valence-corrected chi connectivity index (χ3v) is 7.43. The number of aryl methyl sites for hydroxylation is 1. The first-order valence-electron chi connectivity index (χ1n) is 11.0. The summed E-state index contributed by atoms with van der Waals surface area (Å²) in [5.74, 6) is 1.04. The Morgan fingerprint density at radius 1 is 1.03 bits per heavy atom. The van der Waals surface area contributed by atoms with Crippen LogP contribution in [0.1, 0.15) is 5.56 Å². The highest BCUT2D eigenvalue weighted by molar-refractivity contribution is 7.89. The number of sulfonamides is 1. The van der Waals surface area contributed by atoms with E-state index in [1.807, 2.05) is 18.2 Å². The third-order valence-electron chi connectivity index (χ3n) is 5.30. The van der Waals surface area contributed by atoms with E-state index in [2.05, 4.69) is 5.32 Å². The topological polar surface area (TPSA) is 94.2 Å². The van der Waals surface area contributed by atoms with Crippen molar-refractivity contribution in [3.63, 3.8) is 0 Å². The number of hydrogen-bond acceptors (Lipinski definition) is 6. The minimum absolute atomic E-state index is 0.176. The Hall–Kier alpha value is -3.11. The Morgan fingerprint density at radius 3 is 2.46 bits per heavy atom. The summed E-state index contributed by atoms with van der Waals surface area (Å²) in [5.41, 5.74) is 1.00. The standard InChI is InChI=1S/C25H25ClN2O6S/c1-18-15-21(35(30,31)28-11-13-32-14-12-28)8-10-23(18)33-17-25(29)27-22-16-19(26)7-9-24(22)34-20-5-3-2-4-6-20/h2-10,15-16H,11-14,17H2,1H3,(H,27,29). The van der Waals surface area contributed by atoms with Crippen molar-refractivity contribution >= 4 is 33.2 Å². The lowest BCUT2D eigenvalue weighted by Gasteiger charge is -2.26. The molecule has 3 aromatic carbocycles. The molecule has 0 atom stereocenters. The first-order valence-corrected chi connectivity index (χ1v) is 12.8. The van der Waals surface area contributed by atoms with Crippen LogP contribution in [-0.2, 0) is 19.6 Å². The van der Waals surface area contributed by atoms with E-state index in [1.54, 1.807) is 49.4 Å². The van der Waals surface area contributed by atoms with Crippen molar-refractivity contribution in [2.24, 2.45) is 0 Å². The molecule has 1 aliphatic heterocycles. The maximum Gasteiger partial charge on any atom is 0.262 e. The molecule has 184 valence electrons.